The summed E-state index contributed by atoms with van der Waals surface area (Å²) in [5.41, 5.74) is -0.0880. The molecule has 2 aromatic rings. The molecule has 0 radical (unpaired) electrons. The highest BCUT2D eigenvalue weighted by atomic mass is 19.4. The van der Waals surface area contributed by atoms with Crippen LogP contribution in [0.1, 0.15) is 30.8 Å². The summed E-state index contributed by atoms with van der Waals surface area (Å²) in [6.07, 6.45) is -2.33. The monoisotopic (exact) mass is 439 g/mol. The molecule has 0 saturated carbocycles. The molecule has 1 fully saturated rings. The van der Waals surface area contributed by atoms with E-state index in [1.54, 1.807) is 6.92 Å². The Labute approximate surface area is 177 Å². The van der Waals surface area contributed by atoms with Gasteiger partial charge in [0.15, 0.2) is 22.9 Å². The molecular formula is C20H24F3N5O3. The van der Waals surface area contributed by atoms with Crippen molar-refractivity contribution in [3.8, 4) is 0 Å². The molecule has 2 N–H and O–H groups in total. The topological polar surface area (TPSA) is 92.5 Å². The average Bonchev–Trinajstić information content (AvgIpc) is 3.19. The zero-order valence-corrected chi connectivity index (χ0v) is 17.5. The standard InChI is InChI=1S/C20H24F3N5O3/c1-4-12(20(21,22)23)10-16(24-3)26-19-25-13-11-15(14(29)5-2)31-17(13)18(27-19)28-6-8-30-9-7-28/h4,10-11,24H,5-9H2,1-3H3,(H,25,26,27)/b12-4+,16-10+. The van der Waals surface area contributed by atoms with Crippen molar-refractivity contribution in [1.82, 2.24) is 15.3 Å². The lowest BCUT2D eigenvalue weighted by Crippen LogP contribution is -2.37. The Balaban J connectivity index is 2.04. The summed E-state index contributed by atoms with van der Waals surface area (Å²) >= 11 is 0. The highest BCUT2D eigenvalue weighted by Gasteiger charge is 2.32. The van der Waals surface area contributed by atoms with Crippen molar-refractivity contribution in [3.63, 3.8) is 0 Å². The SMILES string of the molecule is C/C=C(\C=C(/NC)Nc1nc(N2CCOCC2)c2oc(C(=O)CC)cc2n1)C(F)(F)F. The normalized spacial score (nSPS) is 16.0. The number of furan rings is 1. The van der Waals surface area contributed by atoms with Crippen LogP contribution in [0, 0.1) is 0 Å². The smallest absolute Gasteiger partial charge is 0.416 e. The first kappa shape index (κ1) is 22.6. The molecule has 168 valence electrons. The maximum absolute atomic E-state index is 13.1. The summed E-state index contributed by atoms with van der Waals surface area (Å²) in [4.78, 5) is 22.8. The number of carbonyl (C=O) groups excluding carboxylic acids is 1. The first-order valence-electron chi connectivity index (χ1n) is 9.84. The number of alkyl halides is 3. The van der Waals surface area contributed by atoms with Gasteiger partial charge in [0, 0.05) is 32.6 Å². The number of rotatable bonds is 7. The fraction of sp³-hybridized carbons (Fsp3) is 0.450. The molecule has 0 aliphatic carbocycles. The number of anilines is 2. The molecule has 31 heavy (non-hydrogen) atoms. The van der Waals surface area contributed by atoms with Gasteiger partial charge in [-0.3, -0.25) is 4.79 Å². The van der Waals surface area contributed by atoms with Crippen LogP contribution in [0.5, 0.6) is 0 Å². The van der Waals surface area contributed by atoms with Crippen molar-refractivity contribution in [3.05, 3.63) is 35.4 Å². The number of hydrogen-bond acceptors (Lipinski definition) is 8. The van der Waals surface area contributed by atoms with Crippen LogP contribution in [0.3, 0.4) is 0 Å². The van der Waals surface area contributed by atoms with E-state index in [9.17, 15) is 18.0 Å². The van der Waals surface area contributed by atoms with Gasteiger partial charge < -0.3 is 24.7 Å². The van der Waals surface area contributed by atoms with Crippen LogP contribution in [0.15, 0.2) is 34.0 Å². The Hall–Kier alpha value is -3.08. The molecule has 1 saturated heterocycles. The number of nitrogens with one attached hydrogen (secondary N) is 2. The molecule has 0 aromatic carbocycles. The zero-order valence-electron chi connectivity index (χ0n) is 17.5. The van der Waals surface area contributed by atoms with Crippen LogP contribution in [0.25, 0.3) is 11.1 Å². The van der Waals surface area contributed by atoms with Crippen molar-refractivity contribution >= 4 is 28.6 Å². The third kappa shape index (κ3) is 5.16. The number of fused-ring (bicyclic) bond motifs is 1. The minimum atomic E-state index is -4.50. The summed E-state index contributed by atoms with van der Waals surface area (Å²) in [5.74, 6) is 0.563. The summed E-state index contributed by atoms with van der Waals surface area (Å²) in [6, 6.07) is 1.52. The van der Waals surface area contributed by atoms with Crippen LogP contribution >= 0.6 is 0 Å². The molecule has 0 unspecified atom stereocenters. The molecule has 0 amide bonds. The van der Waals surface area contributed by atoms with E-state index in [-0.39, 0.29) is 29.7 Å². The van der Waals surface area contributed by atoms with Gasteiger partial charge in [-0.2, -0.15) is 18.2 Å². The quantitative estimate of drug-likeness (QED) is 0.499. The van der Waals surface area contributed by atoms with Gasteiger partial charge in [-0.25, -0.2) is 4.98 Å². The maximum atomic E-state index is 13.1. The van der Waals surface area contributed by atoms with Gasteiger partial charge in [-0.1, -0.05) is 13.0 Å². The highest BCUT2D eigenvalue weighted by Crippen LogP contribution is 2.30. The van der Waals surface area contributed by atoms with E-state index in [2.05, 4.69) is 20.6 Å². The van der Waals surface area contributed by atoms with E-state index in [0.717, 1.165) is 12.2 Å². The van der Waals surface area contributed by atoms with Gasteiger partial charge in [0.05, 0.1) is 18.8 Å². The zero-order chi connectivity index (χ0) is 22.6. The predicted octanol–water partition coefficient (Wildman–Crippen LogP) is 3.63. The summed E-state index contributed by atoms with van der Waals surface area (Å²) < 4.78 is 50.5. The van der Waals surface area contributed by atoms with Crippen LogP contribution < -0.4 is 15.5 Å². The van der Waals surface area contributed by atoms with Crippen molar-refractivity contribution in [1.29, 1.82) is 0 Å². The third-order valence-corrected chi connectivity index (χ3v) is 4.71. The molecule has 0 atom stereocenters. The largest absolute Gasteiger partial charge is 0.447 e. The summed E-state index contributed by atoms with van der Waals surface area (Å²) in [7, 11) is 1.49. The fourth-order valence-corrected chi connectivity index (χ4v) is 3.05. The van der Waals surface area contributed by atoms with Crippen LogP contribution in [-0.4, -0.2) is 55.3 Å². The number of aromatic nitrogens is 2. The number of ether oxygens (including phenoxy) is 1. The molecule has 0 bridgehead atoms. The molecular weight excluding hydrogens is 415 g/mol. The van der Waals surface area contributed by atoms with Gasteiger partial charge in [0.1, 0.15) is 11.3 Å². The number of carbonyl (C=O) groups is 1. The van der Waals surface area contributed by atoms with E-state index in [4.69, 9.17) is 9.15 Å². The number of halogens is 3. The van der Waals surface area contributed by atoms with Gasteiger partial charge >= 0.3 is 6.18 Å². The van der Waals surface area contributed by atoms with Gasteiger partial charge in [-0.15, -0.1) is 0 Å². The van der Waals surface area contributed by atoms with Crippen LogP contribution in [0.4, 0.5) is 24.9 Å². The summed E-state index contributed by atoms with van der Waals surface area (Å²) in [5, 5.41) is 5.48. The Kier molecular flexibility index (Phi) is 6.84. The minimum absolute atomic E-state index is 0.0612. The Morgan fingerprint density at radius 1 is 1.29 bits per heavy atom. The van der Waals surface area contributed by atoms with Crippen molar-refractivity contribution in [2.24, 2.45) is 0 Å². The first-order valence-corrected chi connectivity index (χ1v) is 9.84. The van der Waals surface area contributed by atoms with Crippen molar-refractivity contribution in [2.75, 3.05) is 43.6 Å². The van der Waals surface area contributed by atoms with E-state index in [1.807, 2.05) is 4.90 Å². The Morgan fingerprint density at radius 3 is 2.58 bits per heavy atom. The van der Waals surface area contributed by atoms with Gasteiger partial charge in [-0.05, 0) is 13.0 Å². The lowest BCUT2D eigenvalue weighted by molar-refractivity contribution is -0.0884. The van der Waals surface area contributed by atoms with Crippen molar-refractivity contribution < 1.29 is 27.1 Å². The molecule has 3 heterocycles. The van der Waals surface area contributed by atoms with E-state index in [0.29, 0.717) is 43.2 Å². The van der Waals surface area contributed by atoms with Crippen LogP contribution in [-0.2, 0) is 4.74 Å². The maximum Gasteiger partial charge on any atom is 0.416 e. The Bertz CT molecular complexity index is 1010. The molecule has 11 heteroatoms. The number of hydrogen-bond donors (Lipinski definition) is 2. The fourth-order valence-electron chi connectivity index (χ4n) is 3.05. The first-order chi connectivity index (χ1) is 14.8. The average molecular weight is 439 g/mol. The number of nitrogens with zero attached hydrogens (tertiary/aromatic N) is 3. The third-order valence-electron chi connectivity index (χ3n) is 4.71. The van der Waals surface area contributed by atoms with E-state index < -0.39 is 11.7 Å². The molecule has 1 aliphatic rings. The number of morpholine rings is 1. The van der Waals surface area contributed by atoms with E-state index >= 15 is 0 Å². The van der Waals surface area contributed by atoms with Gasteiger partial charge in [0.25, 0.3) is 0 Å². The number of Topliss-reactive ketones (excluding diaryl/α,β-unsaturated/α-hetero) is 1. The number of ketones is 1. The van der Waals surface area contributed by atoms with Crippen molar-refractivity contribution in [2.45, 2.75) is 26.4 Å². The molecule has 3 rings (SSSR count). The second-order valence-electron chi connectivity index (χ2n) is 6.75. The molecule has 2 aromatic heterocycles. The number of allylic oxidation sites excluding steroid dienone is 3. The van der Waals surface area contributed by atoms with Crippen LogP contribution in [0.2, 0.25) is 0 Å². The predicted molar refractivity (Wildman–Crippen MR) is 110 cm³/mol. The molecule has 0 spiro atoms. The van der Waals surface area contributed by atoms with E-state index in [1.165, 1.54) is 20.0 Å². The highest BCUT2D eigenvalue weighted by molar-refractivity contribution is 5.98. The summed E-state index contributed by atoms with van der Waals surface area (Å²) in [6.45, 7) is 5.12. The Morgan fingerprint density at radius 2 is 2.00 bits per heavy atom. The lowest BCUT2D eigenvalue weighted by Gasteiger charge is -2.27. The lowest BCUT2D eigenvalue weighted by atomic mass is 10.2. The minimum Gasteiger partial charge on any atom is -0.447 e. The second kappa shape index (κ2) is 9.38. The molecule has 1 aliphatic heterocycles. The second-order valence-corrected chi connectivity index (χ2v) is 6.75. The molecule has 8 nitrogen and oxygen atoms in total. The van der Waals surface area contributed by atoms with Gasteiger partial charge in [0.2, 0.25) is 5.95 Å².